The first-order valence-electron chi connectivity index (χ1n) is 7.73. The Kier molecular flexibility index (Phi) is 5.84. The van der Waals surface area contributed by atoms with Crippen LogP contribution in [0.4, 0.5) is 5.69 Å². The number of hydrazone groups is 1. The van der Waals surface area contributed by atoms with Crippen molar-refractivity contribution in [2.24, 2.45) is 5.10 Å². The van der Waals surface area contributed by atoms with E-state index in [9.17, 15) is 14.9 Å². The summed E-state index contributed by atoms with van der Waals surface area (Å²) in [7, 11) is 0. The second kappa shape index (κ2) is 8.05. The van der Waals surface area contributed by atoms with E-state index in [-0.39, 0.29) is 11.8 Å². The summed E-state index contributed by atoms with van der Waals surface area (Å²) < 4.78 is 5.52. The molecule has 0 aromatic heterocycles. The van der Waals surface area contributed by atoms with Crippen LogP contribution in [0.2, 0.25) is 0 Å². The molecule has 0 saturated carbocycles. The van der Waals surface area contributed by atoms with Crippen LogP contribution >= 0.6 is 0 Å². The van der Waals surface area contributed by atoms with Gasteiger partial charge in [0.1, 0.15) is 5.75 Å². The van der Waals surface area contributed by atoms with E-state index in [0.717, 1.165) is 0 Å². The summed E-state index contributed by atoms with van der Waals surface area (Å²) in [6.07, 6.45) is 0.0496. The zero-order valence-corrected chi connectivity index (χ0v) is 14.2. The van der Waals surface area contributed by atoms with Crippen molar-refractivity contribution in [1.29, 1.82) is 0 Å². The summed E-state index contributed by atoms with van der Waals surface area (Å²) in [6, 6.07) is 12.9. The van der Waals surface area contributed by atoms with Gasteiger partial charge < -0.3 is 4.74 Å². The average Bonchev–Trinajstić information content (AvgIpc) is 2.59. The van der Waals surface area contributed by atoms with Crippen LogP contribution in [0.25, 0.3) is 0 Å². The highest BCUT2D eigenvalue weighted by atomic mass is 16.6. The van der Waals surface area contributed by atoms with Gasteiger partial charge in [-0.25, -0.2) is 5.43 Å². The number of amides is 1. The summed E-state index contributed by atoms with van der Waals surface area (Å²) in [5.41, 5.74) is 3.46. The monoisotopic (exact) mass is 341 g/mol. The number of hydrogen-bond donors (Lipinski definition) is 1. The van der Waals surface area contributed by atoms with Gasteiger partial charge in [-0.2, -0.15) is 5.10 Å². The number of carbonyl (C=O) groups excluding carboxylic acids is 1. The van der Waals surface area contributed by atoms with Gasteiger partial charge in [0.15, 0.2) is 0 Å². The molecule has 1 N–H and O–H groups in total. The quantitative estimate of drug-likeness (QED) is 0.494. The molecule has 0 radical (unpaired) electrons. The predicted octanol–water partition coefficient (Wildman–Crippen LogP) is 3.54. The smallest absolute Gasteiger partial charge is 0.278 e. The lowest BCUT2D eigenvalue weighted by Crippen LogP contribution is -2.19. The van der Waals surface area contributed by atoms with Gasteiger partial charge in [0.2, 0.25) is 0 Å². The molecule has 0 aliphatic carbocycles. The first kappa shape index (κ1) is 18.1. The number of nitro groups is 1. The molecule has 2 aromatic rings. The fourth-order valence-corrected chi connectivity index (χ4v) is 2.16. The van der Waals surface area contributed by atoms with Gasteiger partial charge in [-0.1, -0.05) is 12.1 Å². The Bertz CT molecular complexity index is 798. The number of ether oxygens (including phenoxy) is 1. The number of rotatable bonds is 6. The predicted molar refractivity (Wildman–Crippen MR) is 95.0 cm³/mol. The van der Waals surface area contributed by atoms with Crippen molar-refractivity contribution in [3.05, 3.63) is 69.8 Å². The molecular formula is C18H19N3O4. The molecule has 0 unspecified atom stereocenters. The van der Waals surface area contributed by atoms with Gasteiger partial charge >= 0.3 is 0 Å². The highest BCUT2D eigenvalue weighted by Gasteiger charge is 2.15. The topological polar surface area (TPSA) is 93.8 Å². The van der Waals surface area contributed by atoms with Crippen LogP contribution in [0.1, 0.15) is 36.7 Å². The van der Waals surface area contributed by atoms with Crippen molar-refractivity contribution in [2.45, 2.75) is 26.9 Å². The molecule has 0 spiro atoms. The first-order chi connectivity index (χ1) is 11.9. The summed E-state index contributed by atoms with van der Waals surface area (Å²) in [5, 5.41) is 15.0. The molecule has 0 aliphatic heterocycles. The molecule has 130 valence electrons. The Hall–Kier alpha value is -3.22. The minimum atomic E-state index is -0.483. The fraction of sp³-hybridized carbons (Fsp3) is 0.222. The van der Waals surface area contributed by atoms with Gasteiger partial charge in [0, 0.05) is 11.6 Å². The number of nitrogens with one attached hydrogen (secondary N) is 1. The standard InChI is InChI=1S/C18H19N3O4/c1-12(2)25-15-10-8-14(9-11-15)18(22)20-19-13(3)16-6-4-5-7-17(16)21(23)24/h4-12H,1-3H3,(H,20,22)/b19-13-. The van der Waals surface area contributed by atoms with Crippen LogP contribution in [-0.2, 0) is 0 Å². The van der Waals surface area contributed by atoms with Crippen molar-refractivity contribution in [2.75, 3.05) is 0 Å². The number of nitro benzene ring substituents is 1. The number of hydrogen-bond acceptors (Lipinski definition) is 5. The zero-order chi connectivity index (χ0) is 18.4. The fourth-order valence-electron chi connectivity index (χ4n) is 2.16. The minimum absolute atomic E-state index is 0.0496. The van der Waals surface area contributed by atoms with Gasteiger partial charge in [0.05, 0.1) is 22.3 Å². The maximum absolute atomic E-state index is 12.1. The molecule has 0 fully saturated rings. The van der Waals surface area contributed by atoms with Gasteiger partial charge in [-0.15, -0.1) is 0 Å². The molecular weight excluding hydrogens is 322 g/mol. The van der Waals surface area contributed by atoms with Crippen LogP contribution in [0.5, 0.6) is 5.75 Å². The van der Waals surface area contributed by atoms with E-state index in [1.165, 1.54) is 6.07 Å². The molecule has 0 saturated heterocycles. The Morgan fingerprint density at radius 2 is 1.80 bits per heavy atom. The van der Waals surface area contributed by atoms with Crippen molar-refractivity contribution < 1.29 is 14.5 Å². The number of para-hydroxylation sites is 1. The molecule has 1 amide bonds. The van der Waals surface area contributed by atoms with Gasteiger partial charge in [-0.05, 0) is 51.1 Å². The zero-order valence-electron chi connectivity index (χ0n) is 14.2. The van der Waals surface area contributed by atoms with E-state index >= 15 is 0 Å². The average molecular weight is 341 g/mol. The van der Waals surface area contributed by atoms with Crippen molar-refractivity contribution in [3.8, 4) is 5.75 Å². The Labute approximate surface area is 145 Å². The van der Waals surface area contributed by atoms with Crippen LogP contribution < -0.4 is 10.2 Å². The Balaban J connectivity index is 2.10. The Morgan fingerprint density at radius 1 is 1.16 bits per heavy atom. The second-order valence-electron chi connectivity index (χ2n) is 5.60. The van der Waals surface area contributed by atoms with Gasteiger partial charge in [0.25, 0.3) is 11.6 Å². The minimum Gasteiger partial charge on any atom is -0.491 e. The van der Waals surface area contributed by atoms with Gasteiger partial charge in [-0.3, -0.25) is 14.9 Å². The van der Waals surface area contributed by atoms with Crippen LogP contribution in [0, 0.1) is 10.1 Å². The molecule has 0 atom stereocenters. The summed E-state index contributed by atoms with van der Waals surface area (Å²) in [6.45, 7) is 5.43. The van der Waals surface area contributed by atoms with Crippen molar-refractivity contribution in [1.82, 2.24) is 5.43 Å². The molecule has 7 nitrogen and oxygen atoms in total. The molecule has 2 aromatic carbocycles. The highest BCUT2D eigenvalue weighted by Crippen LogP contribution is 2.18. The van der Waals surface area contributed by atoms with Crippen LogP contribution in [-0.4, -0.2) is 22.6 Å². The Morgan fingerprint density at radius 3 is 2.40 bits per heavy atom. The lowest BCUT2D eigenvalue weighted by molar-refractivity contribution is -0.385. The van der Waals surface area contributed by atoms with Crippen LogP contribution in [0.15, 0.2) is 53.6 Å². The van der Waals surface area contributed by atoms with E-state index in [2.05, 4.69) is 10.5 Å². The van der Waals surface area contributed by atoms with Crippen molar-refractivity contribution in [3.63, 3.8) is 0 Å². The number of nitrogens with zero attached hydrogens (tertiary/aromatic N) is 2. The molecule has 0 aliphatic rings. The van der Waals surface area contributed by atoms with E-state index in [0.29, 0.717) is 22.6 Å². The lowest BCUT2D eigenvalue weighted by atomic mass is 10.1. The third kappa shape index (κ3) is 4.87. The second-order valence-corrected chi connectivity index (χ2v) is 5.60. The SMILES string of the molecule is C/C(=N/NC(=O)c1ccc(OC(C)C)cc1)c1ccccc1[N+](=O)[O-]. The van der Waals surface area contributed by atoms with E-state index < -0.39 is 10.8 Å². The highest BCUT2D eigenvalue weighted by molar-refractivity contribution is 6.03. The molecule has 2 rings (SSSR count). The van der Waals surface area contributed by atoms with E-state index in [1.807, 2.05) is 13.8 Å². The molecule has 0 bridgehead atoms. The van der Waals surface area contributed by atoms with Crippen LogP contribution in [0.3, 0.4) is 0 Å². The maximum Gasteiger partial charge on any atom is 0.278 e. The third-order valence-electron chi connectivity index (χ3n) is 3.30. The number of carbonyl (C=O) groups is 1. The summed E-state index contributed by atoms with van der Waals surface area (Å²) in [4.78, 5) is 22.7. The first-order valence-corrected chi connectivity index (χ1v) is 7.73. The molecule has 7 heteroatoms. The summed E-state index contributed by atoms with van der Waals surface area (Å²) in [5.74, 6) is 0.264. The van der Waals surface area contributed by atoms with E-state index in [1.54, 1.807) is 49.4 Å². The largest absolute Gasteiger partial charge is 0.491 e. The van der Waals surface area contributed by atoms with E-state index in [4.69, 9.17) is 4.74 Å². The lowest BCUT2D eigenvalue weighted by Gasteiger charge is -2.09. The van der Waals surface area contributed by atoms with Crippen molar-refractivity contribution >= 4 is 17.3 Å². The summed E-state index contributed by atoms with van der Waals surface area (Å²) >= 11 is 0. The normalized spacial score (nSPS) is 11.3. The third-order valence-corrected chi connectivity index (χ3v) is 3.30. The molecule has 0 heterocycles. The number of benzene rings is 2. The maximum atomic E-state index is 12.1. The molecule has 25 heavy (non-hydrogen) atoms.